The molecule has 3 rings (SSSR count). The van der Waals surface area contributed by atoms with E-state index in [0.29, 0.717) is 39.1 Å². The Morgan fingerprint density at radius 3 is 2.09 bits per heavy atom. The minimum atomic E-state index is -3.59. The van der Waals surface area contributed by atoms with Gasteiger partial charge in [-0.05, 0) is 17.6 Å². The molecule has 9 heteroatoms. The van der Waals surface area contributed by atoms with Crippen molar-refractivity contribution in [2.24, 2.45) is 0 Å². The van der Waals surface area contributed by atoms with Crippen molar-refractivity contribution in [1.29, 1.82) is 0 Å². The van der Waals surface area contributed by atoms with Gasteiger partial charge in [-0.15, -0.1) is 0 Å². The molecule has 22 heavy (non-hydrogen) atoms. The van der Waals surface area contributed by atoms with E-state index in [9.17, 15) is 8.42 Å². The van der Waals surface area contributed by atoms with E-state index in [1.54, 1.807) is 0 Å². The lowest BCUT2D eigenvalue weighted by Gasteiger charge is -2.36. The molecule has 1 spiro atoms. The minimum Gasteiger partial charge on any atom is -0.423 e. The van der Waals surface area contributed by atoms with E-state index in [2.05, 4.69) is 0 Å². The van der Waals surface area contributed by atoms with Crippen molar-refractivity contribution in [2.45, 2.75) is 23.5 Å². The summed E-state index contributed by atoms with van der Waals surface area (Å²) in [6.07, 6.45) is 1.03. The van der Waals surface area contributed by atoms with Gasteiger partial charge in [0.15, 0.2) is 5.79 Å². The quantitative estimate of drug-likeness (QED) is 0.684. The summed E-state index contributed by atoms with van der Waals surface area (Å²) in [5.74, 6) is -0.614. The summed E-state index contributed by atoms with van der Waals surface area (Å²) >= 11 is 0. The highest BCUT2D eigenvalue weighted by molar-refractivity contribution is 7.89. The van der Waals surface area contributed by atoms with Crippen LogP contribution in [0.4, 0.5) is 0 Å². The predicted molar refractivity (Wildman–Crippen MR) is 78.9 cm³/mol. The smallest absolute Gasteiger partial charge is 0.423 e. The summed E-state index contributed by atoms with van der Waals surface area (Å²) in [6.45, 7) is 1.79. The van der Waals surface area contributed by atoms with E-state index in [1.165, 1.54) is 28.6 Å². The molecule has 7 nitrogen and oxygen atoms in total. The molecular weight excluding hydrogens is 309 g/mol. The van der Waals surface area contributed by atoms with Gasteiger partial charge in [-0.3, -0.25) is 0 Å². The highest BCUT2D eigenvalue weighted by Crippen LogP contribution is 2.33. The second-order valence-corrected chi connectivity index (χ2v) is 7.39. The standard InChI is InChI=1S/C13H18BNO6S/c16-14(17)11-1-3-12(4-2-11)22(18,19)15-7-5-13(6-8-15)20-9-10-21-13/h1-4,16-17H,5-10H2. The molecule has 1 aromatic carbocycles. The first kappa shape index (κ1) is 15.9. The average molecular weight is 327 g/mol. The number of nitrogens with zero attached hydrogens (tertiary/aromatic N) is 1. The van der Waals surface area contributed by atoms with E-state index in [1.807, 2.05) is 0 Å². The largest absolute Gasteiger partial charge is 0.488 e. The highest BCUT2D eigenvalue weighted by Gasteiger charge is 2.42. The number of piperidine rings is 1. The summed E-state index contributed by atoms with van der Waals surface area (Å²) in [5.41, 5.74) is 0.254. The van der Waals surface area contributed by atoms with Crippen LogP contribution in [-0.4, -0.2) is 62.0 Å². The van der Waals surface area contributed by atoms with E-state index in [0.717, 1.165) is 0 Å². The van der Waals surface area contributed by atoms with Crippen LogP contribution >= 0.6 is 0 Å². The van der Waals surface area contributed by atoms with Gasteiger partial charge in [0.25, 0.3) is 0 Å². The maximum Gasteiger partial charge on any atom is 0.488 e. The van der Waals surface area contributed by atoms with Gasteiger partial charge in [0.2, 0.25) is 10.0 Å². The lowest BCUT2D eigenvalue weighted by atomic mass is 9.81. The molecule has 0 bridgehead atoms. The monoisotopic (exact) mass is 327 g/mol. The zero-order valence-electron chi connectivity index (χ0n) is 12.0. The normalized spacial score (nSPS) is 22.1. The Morgan fingerprint density at radius 2 is 1.59 bits per heavy atom. The molecule has 0 atom stereocenters. The number of sulfonamides is 1. The third kappa shape index (κ3) is 2.92. The molecule has 2 N–H and O–H groups in total. The fourth-order valence-electron chi connectivity index (χ4n) is 2.81. The Hall–Kier alpha value is -0.965. The lowest BCUT2D eigenvalue weighted by molar-refractivity contribution is -0.179. The van der Waals surface area contributed by atoms with Crippen molar-refractivity contribution in [3.63, 3.8) is 0 Å². The summed E-state index contributed by atoms with van der Waals surface area (Å²) < 4.78 is 37.8. The van der Waals surface area contributed by atoms with Crippen LogP contribution in [0.25, 0.3) is 0 Å². The molecule has 0 saturated carbocycles. The first-order chi connectivity index (χ1) is 10.4. The zero-order chi connectivity index (χ0) is 15.8. The van der Waals surface area contributed by atoms with E-state index in [4.69, 9.17) is 19.5 Å². The number of hydrogen-bond acceptors (Lipinski definition) is 6. The second kappa shape index (κ2) is 5.91. The molecule has 0 amide bonds. The molecule has 2 fully saturated rings. The van der Waals surface area contributed by atoms with Crippen molar-refractivity contribution < 1.29 is 27.9 Å². The number of rotatable bonds is 3. The van der Waals surface area contributed by atoms with Crippen LogP contribution in [0.2, 0.25) is 0 Å². The molecule has 2 heterocycles. The first-order valence-corrected chi connectivity index (χ1v) is 8.61. The van der Waals surface area contributed by atoms with Crippen LogP contribution in [0, 0.1) is 0 Å². The van der Waals surface area contributed by atoms with Crippen molar-refractivity contribution >= 4 is 22.6 Å². The summed E-state index contributed by atoms with van der Waals surface area (Å²) in [6, 6.07) is 5.56. The van der Waals surface area contributed by atoms with Crippen LogP contribution < -0.4 is 5.46 Å². The Balaban J connectivity index is 1.73. The van der Waals surface area contributed by atoms with Gasteiger partial charge in [-0.25, -0.2) is 8.42 Å². The number of hydrogen-bond donors (Lipinski definition) is 2. The van der Waals surface area contributed by atoms with Crippen molar-refractivity contribution in [3.05, 3.63) is 24.3 Å². The minimum absolute atomic E-state index is 0.140. The van der Waals surface area contributed by atoms with Gasteiger partial charge in [0.1, 0.15) is 0 Å². The molecule has 1 aromatic rings. The molecule has 0 aliphatic carbocycles. The van der Waals surface area contributed by atoms with Crippen molar-refractivity contribution in [3.8, 4) is 0 Å². The van der Waals surface area contributed by atoms with Crippen molar-refractivity contribution in [2.75, 3.05) is 26.3 Å². The summed E-state index contributed by atoms with van der Waals surface area (Å²) in [4.78, 5) is 0.140. The Morgan fingerprint density at radius 1 is 1.05 bits per heavy atom. The molecule has 0 unspecified atom stereocenters. The van der Waals surface area contributed by atoms with E-state index < -0.39 is 22.9 Å². The molecule has 2 aliphatic rings. The predicted octanol–water partition coefficient (Wildman–Crippen LogP) is -1.11. The van der Waals surface area contributed by atoms with Gasteiger partial charge >= 0.3 is 7.12 Å². The summed E-state index contributed by atoms with van der Waals surface area (Å²) in [7, 11) is -5.20. The van der Waals surface area contributed by atoms with Gasteiger partial charge in [-0.1, -0.05) is 12.1 Å². The third-order valence-corrected chi connectivity index (χ3v) is 6.03. The molecule has 120 valence electrons. The molecule has 0 radical (unpaired) electrons. The third-order valence-electron chi connectivity index (χ3n) is 4.11. The summed E-state index contributed by atoms with van der Waals surface area (Å²) in [5, 5.41) is 18.1. The Labute approximate surface area is 129 Å². The molecule has 0 aromatic heterocycles. The van der Waals surface area contributed by atoms with Gasteiger partial charge in [0.05, 0.1) is 18.1 Å². The van der Waals surface area contributed by atoms with Gasteiger partial charge in [-0.2, -0.15) is 4.31 Å². The van der Waals surface area contributed by atoms with E-state index >= 15 is 0 Å². The SMILES string of the molecule is O=S(=O)(c1ccc(B(O)O)cc1)N1CCC2(CC1)OCCO2. The van der Waals surface area contributed by atoms with Crippen LogP contribution in [0.3, 0.4) is 0 Å². The fourth-order valence-corrected chi connectivity index (χ4v) is 4.26. The van der Waals surface area contributed by atoms with Crippen molar-refractivity contribution in [1.82, 2.24) is 4.31 Å². The Bertz CT molecular complexity index is 616. The lowest BCUT2D eigenvalue weighted by Crippen LogP contribution is -2.47. The Kier molecular flexibility index (Phi) is 4.28. The van der Waals surface area contributed by atoms with Gasteiger partial charge < -0.3 is 19.5 Å². The maximum atomic E-state index is 12.6. The number of benzene rings is 1. The van der Waals surface area contributed by atoms with Crippen LogP contribution in [0.5, 0.6) is 0 Å². The van der Waals surface area contributed by atoms with Gasteiger partial charge in [0, 0.05) is 25.9 Å². The van der Waals surface area contributed by atoms with Crippen LogP contribution in [0.1, 0.15) is 12.8 Å². The highest BCUT2D eigenvalue weighted by atomic mass is 32.2. The first-order valence-electron chi connectivity index (χ1n) is 7.17. The fraction of sp³-hybridized carbons (Fsp3) is 0.538. The molecular formula is C13H18BNO6S. The van der Waals surface area contributed by atoms with E-state index in [-0.39, 0.29) is 10.4 Å². The zero-order valence-corrected chi connectivity index (χ0v) is 12.8. The second-order valence-electron chi connectivity index (χ2n) is 5.45. The topological polar surface area (TPSA) is 96.3 Å². The molecule has 2 saturated heterocycles. The maximum absolute atomic E-state index is 12.6. The van der Waals surface area contributed by atoms with Crippen LogP contribution in [0.15, 0.2) is 29.2 Å². The molecule has 2 aliphatic heterocycles. The average Bonchev–Trinajstić information content (AvgIpc) is 2.96. The number of ether oxygens (including phenoxy) is 2. The van der Waals surface area contributed by atoms with Crippen LogP contribution in [-0.2, 0) is 19.5 Å².